The van der Waals surface area contributed by atoms with Crippen LogP contribution in [0.5, 0.6) is 11.5 Å². The third-order valence-corrected chi connectivity index (χ3v) is 7.44. The van der Waals surface area contributed by atoms with Crippen molar-refractivity contribution in [2.24, 2.45) is 0 Å². The van der Waals surface area contributed by atoms with Gasteiger partial charge in [-0.3, -0.25) is 4.79 Å². The van der Waals surface area contributed by atoms with Crippen molar-refractivity contribution in [2.75, 3.05) is 20.8 Å². The minimum absolute atomic E-state index is 0.0247. The predicted octanol–water partition coefficient (Wildman–Crippen LogP) is 4.52. The maximum absolute atomic E-state index is 13.4. The van der Waals surface area contributed by atoms with Crippen LogP contribution in [0.1, 0.15) is 11.1 Å². The maximum atomic E-state index is 13.4. The second-order valence-electron chi connectivity index (χ2n) is 7.28. The molecule has 0 saturated carbocycles. The van der Waals surface area contributed by atoms with Crippen LogP contribution in [0, 0.1) is 0 Å². The Morgan fingerprint density at radius 2 is 1.62 bits per heavy atom. The Bertz CT molecular complexity index is 1250. The molecule has 0 aliphatic rings. The molecule has 1 N–H and O–H groups in total. The molecule has 0 atom stereocenters. The van der Waals surface area contributed by atoms with Gasteiger partial charge in [0.15, 0.2) is 11.5 Å². The number of hydrogen-bond donors (Lipinski definition) is 1. The van der Waals surface area contributed by atoms with Gasteiger partial charge in [-0.1, -0.05) is 47.5 Å². The molecule has 1 amide bonds. The molecule has 0 radical (unpaired) electrons. The maximum Gasteiger partial charge on any atom is 0.243 e. The summed E-state index contributed by atoms with van der Waals surface area (Å²) in [4.78, 5) is 12.8. The van der Waals surface area contributed by atoms with Crippen molar-refractivity contribution in [1.29, 1.82) is 0 Å². The largest absolute Gasteiger partial charge is 0.493 e. The molecule has 3 aromatic carbocycles. The smallest absolute Gasteiger partial charge is 0.243 e. The highest BCUT2D eigenvalue weighted by Crippen LogP contribution is 2.27. The number of ether oxygens (including phenoxy) is 2. The van der Waals surface area contributed by atoms with Gasteiger partial charge in [0.2, 0.25) is 15.9 Å². The summed E-state index contributed by atoms with van der Waals surface area (Å²) in [5, 5.41) is 3.57. The van der Waals surface area contributed by atoms with Crippen LogP contribution in [0.15, 0.2) is 71.6 Å². The Kier molecular flexibility index (Phi) is 8.79. The highest BCUT2D eigenvalue weighted by Gasteiger charge is 2.27. The second-order valence-corrected chi connectivity index (χ2v) is 10.1. The van der Waals surface area contributed by atoms with Crippen molar-refractivity contribution in [3.05, 3.63) is 87.9 Å². The average Bonchev–Trinajstić information content (AvgIpc) is 2.83. The fourth-order valence-corrected chi connectivity index (χ4v) is 4.90. The molecule has 0 unspecified atom stereocenters. The SMILES string of the molecule is COc1ccc(CNC(=O)CN(Cc2ccccc2Cl)S(=O)(=O)c2ccc(Cl)cc2)cc1OC. The molecule has 3 aromatic rings. The summed E-state index contributed by atoms with van der Waals surface area (Å²) < 4.78 is 38.3. The highest BCUT2D eigenvalue weighted by molar-refractivity contribution is 7.89. The first kappa shape index (κ1) is 25.8. The van der Waals surface area contributed by atoms with E-state index < -0.39 is 22.5 Å². The van der Waals surface area contributed by atoms with Gasteiger partial charge in [-0.2, -0.15) is 4.31 Å². The summed E-state index contributed by atoms with van der Waals surface area (Å²) in [6, 6.07) is 17.9. The van der Waals surface area contributed by atoms with Crippen LogP contribution >= 0.6 is 23.2 Å². The zero-order valence-electron chi connectivity index (χ0n) is 18.6. The lowest BCUT2D eigenvalue weighted by Crippen LogP contribution is -2.40. The number of nitrogens with zero attached hydrogens (tertiary/aromatic N) is 1. The summed E-state index contributed by atoms with van der Waals surface area (Å²) in [7, 11) is -0.954. The van der Waals surface area contributed by atoms with Crippen molar-refractivity contribution < 1.29 is 22.7 Å². The van der Waals surface area contributed by atoms with E-state index in [1.165, 1.54) is 38.5 Å². The molecular weight excluding hydrogens is 499 g/mol. The van der Waals surface area contributed by atoms with Gasteiger partial charge < -0.3 is 14.8 Å². The number of rotatable bonds is 10. The lowest BCUT2D eigenvalue weighted by molar-refractivity contribution is -0.121. The monoisotopic (exact) mass is 522 g/mol. The number of halogens is 2. The molecule has 0 aliphatic heterocycles. The molecule has 7 nitrogen and oxygen atoms in total. The van der Waals surface area contributed by atoms with E-state index in [9.17, 15) is 13.2 Å². The molecule has 0 heterocycles. The van der Waals surface area contributed by atoms with Crippen molar-refractivity contribution in [2.45, 2.75) is 18.0 Å². The van der Waals surface area contributed by atoms with Gasteiger partial charge in [0.05, 0.1) is 25.7 Å². The van der Waals surface area contributed by atoms with E-state index in [1.807, 2.05) is 0 Å². The number of carbonyl (C=O) groups is 1. The number of nitrogens with one attached hydrogen (secondary N) is 1. The van der Waals surface area contributed by atoms with Gasteiger partial charge in [-0.05, 0) is 53.6 Å². The summed E-state index contributed by atoms with van der Waals surface area (Å²) in [5.74, 6) is 0.622. The minimum atomic E-state index is -4.01. The molecule has 0 bridgehead atoms. The highest BCUT2D eigenvalue weighted by atomic mass is 35.5. The van der Waals surface area contributed by atoms with Crippen LogP contribution in [0.4, 0.5) is 0 Å². The van der Waals surface area contributed by atoms with Gasteiger partial charge in [0.25, 0.3) is 0 Å². The molecule has 0 saturated heterocycles. The Labute approximate surface area is 209 Å². The summed E-state index contributed by atoms with van der Waals surface area (Å²) in [6.07, 6.45) is 0. The normalized spacial score (nSPS) is 11.3. The number of benzene rings is 3. The fraction of sp³-hybridized carbons (Fsp3) is 0.208. The van der Waals surface area contributed by atoms with Crippen LogP contribution in [-0.4, -0.2) is 39.4 Å². The average molecular weight is 523 g/mol. The van der Waals surface area contributed by atoms with E-state index >= 15 is 0 Å². The third kappa shape index (κ3) is 6.42. The van der Waals surface area contributed by atoms with E-state index in [2.05, 4.69) is 5.32 Å². The number of amides is 1. The third-order valence-electron chi connectivity index (χ3n) is 5.01. The van der Waals surface area contributed by atoms with Gasteiger partial charge in [0, 0.05) is 23.1 Å². The molecular formula is C24H24Cl2N2O5S. The van der Waals surface area contributed by atoms with Crippen LogP contribution in [-0.2, 0) is 27.9 Å². The molecule has 0 spiro atoms. The Morgan fingerprint density at radius 1 is 0.941 bits per heavy atom. The number of methoxy groups -OCH3 is 2. The molecule has 0 aliphatic carbocycles. The molecule has 0 aromatic heterocycles. The Morgan fingerprint density at radius 3 is 2.26 bits per heavy atom. The van der Waals surface area contributed by atoms with E-state index in [0.717, 1.165) is 9.87 Å². The number of hydrogen-bond acceptors (Lipinski definition) is 5. The first-order valence-electron chi connectivity index (χ1n) is 10.2. The lowest BCUT2D eigenvalue weighted by atomic mass is 10.2. The number of sulfonamides is 1. The summed E-state index contributed by atoms with van der Waals surface area (Å²) in [6.45, 7) is -0.294. The summed E-state index contributed by atoms with van der Waals surface area (Å²) >= 11 is 12.2. The van der Waals surface area contributed by atoms with E-state index in [4.69, 9.17) is 32.7 Å². The lowest BCUT2D eigenvalue weighted by Gasteiger charge is -2.22. The van der Waals surface area contributed by atoms with Crippen molar-refractivity contribution >= 4 is 39.1 Å². The zero-order chi connectivity index (χ0) is 24.7. The second kappa shape index (κ2) is 11.6. The van der Waals surface area contributed by atoms with Crippen molar-refractivity contribution in [1.82, 2.24) is 9.62 Å². The Balaban J connectivity index is 1.80. The van der Waals surface area contributed by atoms with Gasteiger partial charge in [0.1, 0.15) is 0 Å². The first-order chi connectivity index (χ1) is 16.2. The zero-order valence-corrected chi connectivity index (χ0v) is 21.0. The topological polar surface area (TPSA) is 84.9 Å². The number of carbonyl (C=O) groups excluding carboxylic acids is 1. The molecule has 0 fully saturated rings. The van der Waals surface area contributed by atoms with Crippen molar-refractivity contribution in [3.63, 3.8) is 0 Å². The standard InChI is InChI=1S/C24H24Cl2N2O5S/c1-32-22-12-7-17(13-23(22)33-2)14-27-24(29)16-28(15-18-5-3-4-6-21(18)26)34(30,31)20-10-8-19(25)9-11-20/h3-13H,14-16H2,1-2H3,(H,27,29). The first-order valence-corrected chi connectivity index (χ1v) is 12.4. The van der Waals surface area contributed by atoms with Crippen molar-refractivity contribution in [3.8, 4) is 11.5 Å². The van der Waals surface area contributed by atoms with Gasteiger partial charge >= 0.3 is 0 Å². The molecule has 180 valence electrons. The molecule has 34 heavy (non-hydrogen) atoms. The molecule has 10 heteroatoms. The summed E-state index contributed by atoms with van der Waals surface area (Å²) in [5.41, 5.74) is 1.35. The van der Waals surface area contributed by atoms with E-state index in [1.54, 1.807) is 42.5 Å². The Hall–Kier alpha value is -2.78. The van der Waals surface area contributed by atoms with Crippen LogP contribution in [0.3, 0.4) is 0 Å². The van der Waals surface area contributed by atoms with E-state index in [-0.39, 0.29) is 18.0 Å². The van der Waals surface area contributed by atoms with Gasteiger partial charge in [-0.25, -0.2) is 8.42 Å². The van der Waals surface area contributed by atoms with Gasteiger partial charge in [-0.15, -0.1) is 0 Å². The fourth-order valence-electron chi connectivity index (χ4n) is 3.21. The predicted molar refractivity (Wildman–Crippen MR) is 132 cm³/mol. The van der Waals surface area contributed by atoms with E-state index in [0.29, 0.717) is 27.1 Å². The minimum Gasteiger partial charge on any atom is -0.493 e. The van der Waals surface area contributed by atoms with Crippen LogP contribution in [0.2, 0.25) is 10.0 Å². The molecule has 3 rings (SSSR count). The quantitative estimate of drug-likeness (QED) is 0.423. The van der Waals surface area contributed by atoms with Crippen LogP contribution < -0.4 is 14.8 Å². The van der Waals surface area contributed by atoms with Crippen LogP contribution in [0.25, 0.3) is 0 Å².